The fourth-order valence-electron chi connectivity index (χ4n) is 2.61. The average molecular weight is 311 g/mol. The lowest BCUT2D eigenvalue weighted by molar-refractivity contribution is 0.102. The van der Waals surface area contributed by atoms with Gasteiger partial charge in [0.05, 0.1) is 0 Å². The molecule has 1 aromatic heterocycles. The van der Waals surface area contributed by atoms with Crippen molar-refractivity contribution in [2.24, 2.45) is 0 Å². The largest absolute Gasteiger partial charge is 0.353 e. The van der Waals surface area contributed by atoms with Crippen LogP contribution in [0.25, 0.3) is 0 Å². The molecule has 6 nitrogen and oxygen atoms in total. The van der Waals surface area contributed by atoms with Crippen LogP contribution in [0.1, 0.15) is 15.9 Å². The predicted octanol–water partition coefficient (Wildman–Crippen LogP) is 1.79. The van der Waals surface area contributed by atoms with Crippen molar-refractivity contribution in [1.29, 1.82) is 0 Å². The number of hydrogen-bond donors (Lipinski definition) is 1. The molecule has 2 aromatic rings. The summed E-state index contributed by atoms with van der Waals surface area (Å²) in [4.78, 5) is 16.8. The first kappa shape index (κ1) is 15.4. The molecule has 0 aliphatic carbocycles. The van der Waals surface area contributed by atoms with E-state index in [0.29, 0.717) is 11.4 Å². The monoisotopic (exact) mass is 311 g/mol. The molecule has 1 aromatic carbocycles. The molecule has 0 bridgehead atoms. The second kappa shape index (κ2) is 6.75. The van der Waals surface area contributed by atoms with Crippen LogP contribution in [0.3, 0.4) is 0 Å². The molecule has 2 heterocycles. The molecule has 23 heavy (non-hydrogen) atoms. The van der Waals surface area contributed by atoms with Crippen LogP contribution in [0.2, 0.25) is 0 Å². The van der Waals surface area contributed by atoms with Gasteiger partial charge in [0.1, 0.15) is 0 Å². The Balaban J connectivity index is 1.66. The molecule has 1 N–H and O–H groups in total. The number of likely N-dealkylation sites (N-methyl/N-ethyl adjacent to an activating group) is 1. The highest BCUT2D eigenvalue weighted by Gasteiger charge is 2.16. The van der Waals surface area contributed by atoms with E-state index in [-0.39, 0.29) is 5.91 Å². The zero-order chi connectivity index (χ0) is 16.2. The minimum Gasteiger partial charge on any atom is -0.353 e. The smallest absolute Gasteiger partial charge is 0.257 e. The first-order chi connectivity index (χ1) is 11.1. The highest BCUT2D eigenvalue weighted by atomic mass is 16.1. The molecule has 0 spiro atoms. The number of rotatable bonds is 3. The van der Waals surface area contributed by atoms with Crippen molar-refractivity contribution < 1.29 is 4.79 Å². The van der Waals surface area contributed by atoms with Gasteiger partial charge in [-0.2, -0.15) is 0 Å². The van der Waals surface area contributed by atoms with Gasteiger partial charge in [-0.15, -0.1) is 10.2 Å². The minimum absolute atomic E-state index is 0.162. The molecule has 0 saturated carbocycles. The summed E-state index contributed by atoms with van der Waals surface area (Å²) in [5.41, 5.74) is 1.59. The Kier molecular flexibility index (Phi) is 4.52. The molecule has 1 aliphatic heterocycles. The molecular weight excluding hydrogens is 290 g/mol. The number of nitrogens with zero attached hydrogens (tertiary/aromatic N) is 4. The highest BCUT2D eigenvalue weighted by Crippen LogP contribution is 2.15. The van der Waals surface area contributed by atoms with Gasteiger partial charge in [0.15, 0.2) is 11.6 Å². The maximum atomic E-state index is 12.3. The van der Waals surface area contributed by atoms with E-state index < -0.39 is 0 Å². The first-order valence-corrected chi connectivity index (χ1v) is 7.78. The number of carbonyl (C=O) groups is 1. The Morgan fingerprint density at radius 1 is 1.04 bits per heavy atom. The molecule has 0 atom stereocenters. The number of aryl methyl sites for hydroxylation is 1. The highest BCUT2D eigenvalue weighted by molar-refractivity contribution is 6.04. The third-order valence-corrected chi connectivity index (χ3v) is 4.11. The molecule has 0 radical (unpaired) electrons. The minimum atomic E-state index is -0.162. The van der Waals surface area contributed by atoms with Crippen molar-refractivity contribution in [3.63, 3.8) is 0 Å². The molecule has 0 unspecified atom stereocenters. The second-order valence-electron chi connectivity index (χ2n) is 5.84. The lowest BCUT2D eigenvalue weighted by atomic mass is 10.1. The van der Waals surface area contributed by atoms with Gasteiger partial charge in [0.2, 0.25) is 0 Å². The molecular formula is C17H21N5O. The number of hydrogen-bond acceptors (Lipinski definition) is 5. The van der Waals surface area contributed by atoms with Crippen molar-refractivity contribution in [3.8, 4) is 0 Å². The Morgan fingerprint density at radius 3 is 2.43 bits per heavy atom. The fourth-order valence-corrected chi connectivity index (χ4v) is 2.61. The van der Waals surface area contributed by atoms with Crippen LogP contribution in [-0.2, 0) is 0 Å². The van der Waals surface area contributed by atoms with E-state index in [1.165, 1.54) is 0 Å². The molecule has 3 rings (SSSR count). The summed E-state index contributed by atoms with van der Waals surface area (Å²) < 4.78 is 0. The van der Waals surface area contributed by atoms with E-state index in [1.54, 1.807) is 12.1 Å². The van der Waals surface area contributed by atoms with Gasteiger partial charge < -0.3 is 15.1 Å². The average Bonchev–Trinajstić information content (AvgIpc) is 2.57. The van der Waals surface area contributed by atoms with Crippen LogP contribution < -0.4 is 10.2 Å². The summed E-state index contributed by atoms with van der Waals surface area (Å²) >= 11 is 0. The number of aromatic nitrogens is 2. The van der Waals surface area contributed by atoms with Crippen molar-refractivity contribution in [1.82, 2.24) is 15.1 Å². The number of amides is 1. The van der Waals surface area contributed by atoms with Gasteiger partial charge in [-0.25, -0.2) is 0 Å². The van der Waals surface area contributed by atoms with Crippen LogP contribution in [0.5, 0.6) is 0 Å². The second-order valence-corrected chi connectivity index (χ2v) is 5.84. The zero-order valence-corrected chi connectivity index (χ0v) is 13.5. The van der Waals surface area contributed by atoms with E-state index in [1.807, 2.05) is 31.2 Å². The predicted molar refractivity (Wildman–Crippen MR) is 90.9 cm³/mol. The summed E-state index contributed by atoms with van der Waals surface area (Å²) in [5.74, 6) is 1.16. The molecule has 6 heteroatoms. The van der Waals surface area contributed by atoms with E-state index >= 15 is 0 Å². The first-order valence-electron chi connectivity index (χ1n) is 7.78. The maximum Gasteiger partial charge on any atom is 0.257 e. The van der Waals surface area contributed by atoms with E-state index in [2.05, 4.69) is 32.4 Å². The molecule has 1 aliphatic rings. The molecule has 1 amide bonds. The molecule has 1 saturated heterocycles. The summed E-state index contributed by atoms with van der Waals surface area (Å²) in [6, 6.07) is 11.2. The molecule has 1 fully saturated rings. The van der Waals surface area contributed by atoms with Crippen molar-refractivity contribution in [3.05, 3.63) is 47.5 Å². The quantitative estimate of drug-likeness (QED) is 0.936. The Hall–Kier alpha value is -2.47. The fraction of sp³-hybridized carbons (Fsp3) is 0.353. The van der Waals surface area contributed by atoms with Gasteiger partial charge in [-0.05, 0) is 37.7 Å². The summed E-state index contributed by atoms with van der Waals surface area (Å²) in [6.45, 7) is 5.85. The van der Waals surface area contributed by atoms with Gasteiger partial charge >= 0.3 is 0 Å². The zero-order valence-electron chi connectivity index (χ0n) is 13.5. The third kappa shape index (κ3) is 3.65. The Bertz CT molecular complexity index is 678. The third-order valence-electron chi connectivity index (χ3n) is 4.11. The van der Waals surface area contributed by atoms with Gasteiger partial charge in [-0.3, -0.25) is 4.79 Å². The van der Waals surface area contributed by atoms with E-state index in [4.69, 9.17) is 0 Å². The van der Waals surface area contributed by atoms with Crippen molar-refractivity contribution >= 4 is 17.5 Å². The van der Waals surface area contributed by atoms with Crippen LogP contribution in [-0.4, -0.2) is 54.2 Å². The lowest BCUT2D eigenvalue weighted by Crippen LogP contribution is -2.44. The summed E-state index contributed by atoms with van der Waals surface area (Å²) in [7, 11) is 2.12. The van der Waals surface area contributed by atoms with Crippen LogP contribution in [0, 0.1) is 6.92 Å². The number of nitrogens with one attached hydrogen (secondary N) is 1. The number of piperazine rings is 1. The summed E-state index contributed by atoms with van der Waals surface area (Å²) in [5, 5.41) is 11.2. The van der Waals surface area contributed by atoms with Gasteiger partial charge in [0, 0.05) is 31.7 Å². The van der Waals surface area contributed by atoms with Crippen molar-refractivity contribution in [2.45, 2.75) is 6.92 Å². The Morgan fingerprint density at radius 2 is 1.78 bits per heavy atom. The molecule has 120 valence electrons. The number of anilines is 2. The topological polar surface area (TPSA) is 61.4 Å². The van der Waals surface area contributed by atoms with Gasteiger partial charge in [-0.1, -0.05) is 18.2 Å². The number of benzene rings is 1. The van der Waals surface area contributed by atoms with Gasteiger partial charge in [0.25, 0.3) is 5.91 Å². The number of carbonyl (C=O) groups excluding carboxylic acids is 1. The van der Waals surface area contributed by atoms with Crippen molar-refractivity contribution in [2.75, 3.05) is 43.4 Å². The normalized spacial score (nSPS) is 15.5. The lowest BCUT2D eigenvalue weighted by Gasteiger charge is -2.32. The van der Waals surface area contributed by atoms with E-state index in [9.17, 15) is 4.79 Å². The van der Waals surface area contributed by atoms with Crippen LogP contribution >= 0.6 is 0 Å². The Labute approximate surface area is 136 Å². The maximum absolute atomic E-state index is 12.3. The SMILES string of the molecule is Cc1ccccc1C(=O)Nc1ccc(N2CCN(C)CC2)nn1. The van der Waals surface area contributed by atoms with Crippen LogP contribution in [0.15, 0.2) is 36.4 Å². The summed E-state index contributed by atoms with van der Waals surface area (Å²) in [6.07, 6.45) is 0. The standard InChI is InChI=1S/C17H21N5O/c1-13-5-3-4-6-14(13)17(23)18-15-7-8-16(20-19-15)22-11-9-21(2)10-12-22/h3-8H,9-12H2,1-2H3,(H,18,19,23). The van der Waals surface area contributed by atoms with E-state index in [0.717, 1.165) is 37.6 Å². The van der Waals surface area contributed by atoms with Crippen LogP contribution in [0.4, 0.5) is 11.6 Å².